The van der Waals surface area contributed by atoms with Crippen LogP contribution in [0.3, 0.4) is 0 Å². The van der Waals surface area contributed by atoms with Crippen molar-refractivity contribution in [3.05, 3.63) is 58.9 Å². The van der Waals surface area contributed by atoms with E-state index in [1.165, 1.54) is 22.6 Å². The van der Waals surface area contributed by atoms with Crippen LogP contribution in [0.2, 0.25) is 0 Å². The van der Waals surface area contributed by atoms with Crippen LogP contribution in [0.15, 0.2) is 36.4 Å². The van der Waals surface area contributed by atoms with Gasteiger partial charge in [-0.1, -0.05) is 19.1 Å². The van der Waals surface area contributed by atoms with Crippen LogP contribution in [0, 0.1) is 17.7 Å². The van der Waals surface area contributed by atoms with Gasteiger partial charge in [-0.2, -0.15) is 13.2 Å². The molecular weight excluding hydrogens is 552 g/mol. The number of halogens is 4. The second-order valence-corrected chi connectivity index (χ2v) is 12.3. The van der Waals surface area contributed by atoms with Crippen LogP contribution < -0.4 is 9.47 Å². The predicted molar refractivity (Wildman–Crippen MR) is 148 cm³/mol. The number of piperidine rings is 1. The molecule has 10 heteroatoms. The van der Waals surface area contributed by atoms with Gasteiger partial charge in [-0.15, -0.1) is 0 Å². The highest BCUT2D eigenvalue weighted by atomic mass is 19.4. The van der Waals surface area contributed by atoms with Crippen molar-refractivity contribution in [3.63, 3.8) is 0 Å². The van der Waals surface area contributed by atoms with Gasteiger partial charge in [0.2, 0.25) is 0 Å². The topological polar surface area (TPSA) is 51.2 Å². The summed E-state index contributed by atoms with van der Waals surface area (Å²) in [6, 6.07) is 9.02. The molecule has 6 rings (SSSR count). The summed E-state index contributed by atoms with van der Waals surface area (Å²) in [5, 5.41) is 0. The fraction of sp³-hybridized carbons (Fsp3) is 0.594. The molecule has 0 aromatic heterocycles. The smallest absolute Gasteiger partial charge is 0.416 e. The van der Waals surface area contributed by atoms with Gasteiger partial charge >= 0.3 is 6.18 Å². The molecule has 1 aliphatic carbocycles. The van der Waals surface area contributed by atoms with Crippen LogP contribution >= 0.6 is 0 Å². The van der Waals surface area contributed by atoms with E-state index in [4.69, 9.17) is 14.2 Å². The van der Waals surface area contributed by atoms with Crippen molar-refractivity contribution in [3.8, 4) is 11.5 Å². The molecule has 1 amide bonds. The first kappa shape index (κ1) is 29.2. The molecule has 3 aliphatic heterocycles. The van der Waals surface area contributed by atoms with E-state index in [-0.39, 0.29) is 60.6 Å². The third kappa shape index (κ3) is 5.60. The summed E-state index contributed by atoms with van der Waals surface area (Å²) < 4.78 is 72.1. The monoisotopic (exact) mass is 590 g/mol. The van der Waals surface area contributed by atoms with Crippen molar-refractivity contribution in [2.24, 2.45) is 11.8 Å². The Bertz CT molecular complexity index is 1290. The Kier molecular flexibility index (Phi) is 7.89. The van der Waals surface area contributed by atoms with Crippen LogP contribution in [0.25, 0.3) is 0 Å². The third-order valence-corrected chi connectivity index (χ3v) is 9.50. The van der Waals surface area contributed by atoms with Gasteiger partial charge in [-0.3, -0.25) is 9.69 Å². The number of nitrogens with zero attached hydrogens (tertiary/aromatic N) is 2. The molecule has 3 fully saturated rings. The number of alkyl halides is 3. The molecule has 0 bridgehead atoms. The Labute approximate surface area is 243 Å². The molecule has 6 nitrogen and oxygen atoms in total. The second kappa shape index (κ2) is 11.3. The SMILES string of the molecule is CCOc1cc(C(F)(F)F)cc2c1OCN(C(=O)[C@@]1(C3CC3)CC[C@@H](N3CC[C@@H](c4ccc(F)cc4)[C@H](C)C3)CO1)C2. The van der Waals surface area contributed by atoms with Crippen LogP contribution in [0.4, 0.5) is 17.6 Å². The summed E-state index contributed by atoms with van der Waals surface area (Å²) >= 11 is 0. The van der Waals surface area contributed by atoms with Crippen molar-refractivity contribution >= 4 is 5.91 Å². The first-order chi connectivity index (χ1) is 20.1. The quantitative estimate of drug-likeness (QED) is 0.366. The minimum absolute atomic E-state index is 0.00777. The van der Waals surface area contributed by atoms with Crippen molar-refractivity contribution in [1.29, 1.82) is 0 Å². The lowest BCUT2D eigenvalue weighted by Gasteiger charge is -2.47. The summed E-state index contributed by atoms with van der Waals surface area (Å²) in [5.41, 5.74) is -0.346. The van der Waals surface area contributed by atoms with E-state index < -0.39 is 17.3 Å². The molecule has 2 aromatic rings. The number of fused-ring (bicyclic) bond motifs is 1. The molecule has 3 heterocycles. The molecule has 0 unspecified atom stereocenters. The van der Waals surface area contributed by atoms with Crippen molar-refractivity contribution in [2.45, 2.75) is 76.2 Å². The van der Waals surface area contributed by atoms with E-state index in [0.29, 0.717) is 24.9 Å². The molecule has 42 heavy (non-hydrogen) atoms. The van der Waals surface area contributed by atoms with E-state index in [1.807, 2.05) is 12.1 Å². The standard InChI is InChI=1S/C32H38F4N2O4/c1-3-40-28-15-24(32(34,35)36)14-22-17-38(19-41-29(22)28)30(39)31(23-6-7-23)12-10-26(18-42-31)37-13-11-27(20(2)16-37)21-4-8-25(33)9-5-21/h4-5,8-9,14-15,20,23,26-27H,3,6-7,10-13,16-19H2,1-2H3/t20-,26-,27-,31+/m1/s1. The van der Waals surface area contributed by atoms with Gasteiger partial charge in [0.25, 0.3) is 5.91 Å². The lowest BCUT2D eigenvalue weighted by molar-refractivity contribution is -0.180. The minimum atomic E-state index is -4.55. The van der Waals surface area contributed by atoms with Crippen molar-refractivity contribution in [1.82, 2.24) is 9.80 Å². The van der Waals surface area contributed by atoms with E-state index in [0.717, 1.165) is 50.9 Å². The summed E-state index contributed by atoms with van der Waals surface area (Å²) in [6.07, 6.45) is -0.389. The van der Waals surface area contributed by atoms with Gasteiger partial charge in [0.1, 0.15) is 11.4 Å². The second-order valence-electron chi connectivity index (χ2n) is 12.3. The lowest BCUT2D eigenvalue weighted by atomic mass is 9.80. The zero-order valence-corrected chi connectivity index (χ0v) is 24.1. The Morgan fingerprint density at radius 2 is 1.88 bits per heavy atom. The van der Waals surface area contributed by atoms with Crippen LogP contribution in [0.1, 0.15) is 68.6 Å². The Hall–Kier alpha value is -2.85. The van der Waals surface area contributed by atoms with Gasteiger partial charge in [-0.05, 0) is 93.2 Å². The third-order valence-electron chi connectivity index (χ3n) is 9.50. The van der Waals surface area contributed by atoms with Crippen LogP contribution in [0.5, 0.6) is 11.5 Å². The van der Waals surface area contributed by atoms with Crippen molar-refractivity contribution in [2.75, 3.05) is 33.0 Å². The van der Waals surface area contributed by atoms with Gasteiger partial charge in [-0.25, -0.2) is 4.39 Å². The predicted octanol–water partition coefficient (Wildman–Crippen LogP) is 6.38. The number of amides is 1. The minimum Gasteiger partial charge on any atom is -0.490 e. The maximum Gasteiger partial charge on any atom is 0.416 e. The summed E-state index contributed by atoms with van der Waals surface area (Å²) in [4.78, 5) is 18.0. The van der Waals surface area contributed by atoms with E-state index >= 15 is 0 Å². The van der Waals surface area contributed by atoms with E-state index in [2.05, 4.69) is 11.8 Å². The molecule has 4 aliphatic rings. The first-order valence-corrected chi connectivity index (χ1v) is 15.0. The first-order valence-electron chi connectivity index (χ1n) is 15.0. The van der Waals surface area contributed by atoms with E-state index in [1.54, 1.807) is 6.92 Å². The number of benzene rings is 2. The largest absolute Gasteiger partial charge is 0.490 e. The van der Waals surface area contributed by atoms with Gasteiger partial charge < -0.3 is 19.1 Å². The zero-order chi connectivity index (χ0) is 29.6. The number of hydrogen-bond donors (Lipinski definition) is 0. The fourth-order valence-corrected chi connectivity index (χ4v) is 7.16. The van der Waals surface area contributed by atoms with E-state index in [9.17, 15) is 22.4 Å². The summed E-state index contributed by atoms with van der Waals surface area (Å²) in [6.45, 7) is 6.33. The summed E-state index contributed by atoms with van der Waals surface area (Å²) in [7, 11) is 0. The number of likely N-dealkylation sites (tertiary alicyclic amines) is 1. The number of carbonyl (C=O) groups excluding carboxylic acids is 1. The summed E-state index contributed by atoms with van der Waals surface area (Å²) in [5.74, 6) is 0.760. The number of carbonyl (C=O) groups is 1. The maximum absolute atomic E-state index is 14.0. The molecule has 4 atom stereocenters. The average Bonchev–Trinajstić information content (AvgIpc) is 3.83. The Balaban J connectivity index is 1.13. The zero-order valence-electron chi connectivity index (χ0n) is 24.1. The average molecular weight is 591 g/mol. The fourth-order valence-electron chi connectivity index (χ4n) is 7.16. The molecule has 1 saturated carbocycles. The lowest BCUT2D eigenvalue weighted by Crippen LogP contribution is -2.59. The molecule has 2 aromatic carbocycles. The maximum atomic E-state index is 14.0. The molecule has 2 saturated heterocycles. The highest BCUT2D eigenvalue weighted by Crippen LogP contribution is 2.49. The van der Waals surface area contributed by atoms with Crippen LogP contribution in [-0.4, -0.2) is 60.4 Å². The van der Waals surface area contributed by atoms with Crippen molar-refractivity contribution < 1.29 is 36.6 Å². The van der Waals surface area contributed by atoms with Crippen LogP contribution in [-0.2, 0) is 22.3 Å². The Morgan fingerprint density at radius 3 is 2.50 bits per heavy atom. The molecule has 228 valence electrons. The van der Waals surface area contributed by atoms with Gasteiger partial charge in [0.15, 0.2) is 18.2 Å². The molecule has 0 spiro atoms. The highest BCUT2D eigenvalue weighted by Gasteiger charge is 2.56. The number of ether oxygens (including phenoxy) is 3. The number of rotatable bonds is 6. The molecule has 0 N–H and O–H groups in total. The van der Waals surface area contributed by atoms with Gasteiger partial charge in [0.05, 0.1) is 25.3 Å². The number of hydrogen-bond acceptors (Lipinski definition) is 5. The molecular formula is C32H38F4N2O4. The Morgan fingerprint density at radius 1 is 1.12 bits per heavy atom. The van der Waals surface area contributed by atoms with Gasteiger partial charge in [0, 0.05) is 18.2 Å². The normalized spacial score (nSPS) is 28.6. The highest BCUT2D eigenvalue weighted by molar-refractivity contribution is 5.86. The molecule has 0 radical (unpaired) electrons.